The van der Waals surface area contributed by atoms with Crippen LogP contribution in [-0.4, -0.2) is 22.6 Å². The van der Waals surface area contributed by atoms with Crippen LogP contribution in [0.5, 0.6) is 0 Å². The van der Waals surface area contributed by atoms with Crippen LogP contribution in [0.2, 0.25) is 0 Å². The van der Waals surface area contributed by atoms with Crippen molar-refractivity contribution >= 4 is 11.0 Å². The fourth-order valence-corrected chi connectivity index (χ4v) is 2.61. The summed E-state index contributed by atoms with van der Waals surface area (Å²) in [6.45, 7) is 3.30. The minimum atomic E-state index is 0.699. The molecule has 3 rings (SSSR count). The number of benzene rings is 1. The normalized spacial score (nSPS) is 20.2. The highest BCUT2D eigenvalue weighted by molar-refractivity contribution is 5.75. The molecule has 1 saturated heterocycles. The van der Waals surface area contributed by atoms with Crippen molar-refractivity contribution in [2.75, 3.05) is 6.54 Å². The molecule has 1 aliphatic rings. The van der Waals surface area contributed by atoms with E-state index in [1.54, 1.807) is 0 Å². The molecule has 90 valence electrons. The van der Waals surface area contributed by atoms with Crippen molar-refractivity contribution in [3.63, 3.8) is 0 Å². The van der Waals surface area contributed by atoms with Crippen molar-refractivity contribution in [2.24, 2.45) is 0 Å². The van der Waals surface area contributed by atoms with Crippen LogP contribution in [0.1, 0.15) is 30.7 Å². The number of H-pyrrole nitrogens is 1. The lowest BCUT2D eigenvalue weighted by molar-refractivity contribution is 0.552. The number of rotatable bonds is 3. The summed E-state index contributed by atoms with van der Waals surface area (Å²) in [7, 11) is 0. The second kappa shape index (κ2) is 4.49. The molecule has 2 heterocycles. The molecule has 1 atom stereocenters. The van der Waals surface area contributed by atoms with Gasteiger partial charge in [-0.3, -0.25) is 0 Å². The number of nitrogens with one attached hydrogen (secondary N) is 2. The lowest BCUT2D eigenvalue weighted by Crippen LogP contribution is -2.21. The summed E-state index contributed by atoms with van der Waals surface area (Å²) in [4.78, 5) is 8.05. The van der Waals surface area contributed by atoms with Gasteiger partial charge in [-0.05, 0) is 50.4 Å². The van der Waals surface area contributed by atoms with Gasteiger partial charge in [0.15, 0.2) is 0 Å². The smallest absolute Gasteiger partial charge is 0.107 e. The van der Waals surface area contributed by atoms with Gasteiger partial charge in [-0.2, -0.15) is 0 Å². The summed E-state index contributed by atoms with van der Waals surface area (Å²) in [5, 5.41) is 3.53. The number of imidazole rings is 1. The molecule has 0 bridgehead atoms. The highest BCUT2D eigenvalue weighted by atomic mass is 14.9. The minimum Gasteiger partial charge on any atom is -0.342 e. The second-order valence-electron chi connectivity index (χ2n) is 5.04. The molecular weight excluding hydrogens is 210 g/mol. The predicted octanol–water partition coefficient (Wildman–Crippen LogP) is 2.56. The van der Waals surface area contributed by atoms with Crippen molar-refractivity contribution in [3.05, 3.63) is 29.6 Å². The molecule has 0 spiro atoms. The Kier molecular flexibility index (Phi) is 2.85. The molecule has 1 aromatic heterocycles. The first-order valence-electron chi connectivity index (χ1n) is 6.50. The Balaban J connectivity index is 1.72. The fourth-order valence-electron chi connectivity index (χ4n) is 2.61. The first-order valence-corrected chi connectivity index (χ1v) is 6.50. The average molecular weight is 229 g/mol. The Morgan fingerprint density at radius 1 is 1.41 bits per heavy atom. The Hall–Kier alpha value is -1.35. The Bertz CT molecular complexity index is 509. The van der Waals surface area contributed by atoms with Crippen LogP contribution >= 0.6 is 0 Å². The standard InChI is InChI=1S/C14H19N3/c1-10-4-6-12-13(9-10)17-14(16-12)7-5-11-3-2-8-15-11/h4,6,9,11,15H,2-3,5,7-8H2,1H3,(H,16,17). The number of fused-ring (bicyclic) bond motifs is 1. The summed E-state index contributed by atoms with van der Waals surface area (Å²) in [6, 6.07) is 7.08. The van der Waals surface area contributed by atoms with Gasteiger partial charge in [-0.15, -0.1) is 0 Å². The van der Waals surface area contributed by atoms with Crippen molar-refractivity contribution in [3.8, 4) is 0 Å². The maximum Gasteiger partial charge on any atom is 0.107 e. The third-order valence-electron chi connectivity index (χ3n) is 3.58. The average Bonchev–Trinajstić information content (AvgIpc) is 2.94. The Morgan fingerprint density at radius 2 is 2.35 bits per heavy atom. The molecule has 3 nitrogen and oxygen atoms in total. The zero-order chi connectivity index (χ0) is 11.7. The molecule has 2 aromatic rings. The number of hydrogen-bond donors (Lipinski definition) is 2. The van der Waals surface area contributed by atoms with E-state index in [0.29, 0.717) is 6.04 Å². The summed E-state index contributed by atoms with van der Waals surface area (Å²) in [5.74, 6) is 1.12. The molecule has 0 saturated carbocycles. The van der Waals surface area contributed by atoms with Gasteiger partial charge in [0.1, 0.15) is 5.82 Å². The van der Waals surface area contributed by atoms with Gasteiger partial charge in [0, 0.05) is 12.5 Å². The van der Waals surface area contributed by atoms with E-state index in [4.69, 9.17) is 0 Å². The van der Waals surface area contributed by atoms with E-state index in [1.165, 1.54) is 36.9 Å². The maximum absolute atomic E-state index is 4.63. The molecule has 0 aliphatic carbocycles. The molecular formula is C14H19N3. The van der Waals surface area contributed by atoms with Gasteiger partial charge >= 0.3 is 0 Å². The second-order valence-corrected chi connectivity index (χ2v) is 5.04. The summed E-state index contributed by atoms with van der Waals surface area (Å²) in [6.07, 6.45) is 4.88. The van der Waals surface area contributed by atoms with Crippen LogP contribution < -0.4 is 5.32 Å². The summed E-state index contributed by atoms with van der Waals surface area (Å²) < 4.78 is 0. The summed E-state index contributed by atoms with van der Waals surface area (Å²) in [5.41, 5.74) is 3.54. The first-order chi connectivity index (χ1) is 8.31. The lowest BCUT2D eigenvalue weighted by atomic mass is 10.1. The van der Waals surface area contributed by atoms with Gasteiger partial charge in [0.05, 0.1) is 11.0 Å². The molecule has 0 amide bonds. The highest BCUT2D eigenvalue weighted by Gasteiger charge is 2.14. The maximum atomic E-state index is 4.63. The van der Waals surface area contributed by atoms with Crippen LogP contribution in [0.3, 0.4) is 0 Å². The third kappa shape index (κ3) is 2.34. The number of aryl methyl sites for hydroxylation is 2. The number of aromatic amines is 1. The van der Waals surface area contributed by atoms with E-state index in [2.05, 4.69) is 40.4 Å². The zero-order valence-corrected chi connectivity index (χ0v) is 10.3. The van der Waals surface area contributed by atoms with Gasteiger partial charge in [0.2, 0.25) is 0 Å². The van der Waals surface area contributed by atoms with E-state index < -0.39 is 0 Å². The fraction of sp³-hybridized carbons (Fsp3) is 0.500. The minimum absolute atomic E-state index is 0.699. The topological polar surface area (TPSA) is 40.7 Å². The van der Waals surface area contributed by atoms with Gasteiger partial charge in [0.25, 0.3) is 0 Å². The SMILES string of the molecule is Cc1ccc2nc(CCC3CCCN3)[nH]c2c1. The molecule has 1 unspecified atom stereocenters. The molecule has 1 aromatic carbocycles. The Morgan fingerprint density at radius 3 is 3.18 bits per heavy atom. The van der Waals surface area contributed by atoms with E-state index in [0.717, 1.165) is 17.8 Å². The molecule has 17 heavy (non-hydrogen) atoms. The highest BCUT2D eigenvalue weighted by Crippen LogP contribution is 2.16. The van der Waals surface area contributed by atoms with Crippen molar-refractivity contribution in [1.29, 1.82) is 0 Å². The number of nitrogens with zero attached hydrogens (tertiary/aromatic N) is 1. The van der Waals surface area contributed by atoms with Gasteiger partial charge in [-0.25, -0.2) is 4.98 Å². The van der Waals surface area contributed by atoms with Crippen LogP contribution in [0.25, 0.3) is 11.0 Å². The van der Waals surface area contributed by atoms with Gasteiger partial charge < -0.3 is 10.3 Å². The monoisotopic (exact) mass is 229 g/mol. The quantitative estimate of drug-likeness (QED) is 0.849. The van der Waals surface area contributed by atoms with Crippen LogP contribution in [0, 0.1) is 6.92 Å². The Labute approximate surface area is 102 Å². The third-order valence-corrected chi connectivity index (χ3v) is 3.58. The van der Waals surface area contributed by atoms with Gasteiger partial charge in [-0.1, -0.05) is 6.07 Å². The van der Waals surface area contributed by atoms with Crippen LogP contribution in [-0.2, 0) is 6.42 Å². The van der Waals surface area contributed by atoms with Crippen molar-refractivity contribution < 1.29 is 0 Å². The van der Waals surface area contributed by atoms with E-state index in [9.17, 15) is 0 Å². The molecule has 1 fully saturated rings. The summed E-state index contributed by atoms with van der Waals surface area (Å²) >= 11 is 0. The molecule has 2 N–H and O–H groups in total. The largest absolute Gasteiger partial charge is 0.342 e. The van der Waals surface area contributed by atoms with Crippen LogP contribution in [0.4, 0.5) is 0 Å². The van der Waals surface area contributed by atoms with Crippen LogP contribution in [0.15, 0.2) is 18.2 Å². The molecule has 0 radical (unpaired) electrons. The van der Waals surface area contributed by atoms with E-state index >= 15 is 0 Å². The van der Waals surface area contributed by atoms with E-state index in [-0.39, 0.29) is 0 Å². The number of hydrogen-bond acceptors (Lipinski definition) is 2. The zero-order valence-electron chi connectivity index (χ0n) is 10.3. The molecule has 1 aliphatic heterocycles. The van der Waals surface area contributed by atoms with Crippen molar-refractivity contribution in [2.45, 2.75) is 38.6 Å². The van der Waals surface area contributed by atoms with Crippen molar-refractivity contribution in [1.82, 2.24) is 15.3 Å². The molecule has 3 heteroatoms. The first kappa shape index (κ1) is 10.8. The predicted molar refractivity (Wildman–Crippen MR) is 70.2 cm³/mol. The number of aromatic nitrogens is 2. The lowest BCUT2D eigenvalue weighted by Gasteiger charge is -2.07. The van der Waals surface area contributed by atoms with E-state index in [1.807, 2.05) is 0 Å².